The van der Waals surface area contributed by atoms with Crippen molar-refractivity contribution in [3.8, 4) is 22.6 Å². The summed E-state index contributed by atoms with van der Waals surface area (Å²) in [5, 5.41) is 24.9. The number of aliphatic hydroxyl groups excluding tert-OH is 1. The SMILES string of the molecule is CS(=O)(=O)c1ccc(-c2cccc(COc3cc(OCc4ccc(N=O)c(N)c4)c(CNC(CO)C(=O)O)cc3Cl)c2Cl)cc1. The first-order valence-corrected chi connectivity index (χ1v) is 16.0. The number of rotatable bonds is 14. The number of hydrogen-bond donors (Lipinski definition) is 4. The third-order valence-corrected chi connectivity index (χ3v) is 8.64. The average molecular weight is 675 g/mol. The summed E-state index contributed by atoms with van der Waals surface area (Å²) in [7, 11) is -3.35. The second kappa shape index (κ2) is 14.7. The fraction of sp³-hybridized carbons (Fsp3) is 0.194. The molecule has 0 aliphatic heterocycles. The van der Waals surface area contributed by atoms with Crippen molar-refractivity contribution in [3.05, 3.63) is 104 Å². The number of nitrogen functional groups attached to an aromatic ring is 1. The number of aliphatic carboxylic acids is 1. The number of benzene rings is 4. The van der Waals surface area contributed by atoms with E-state index >= 15 is 0 Å². The van der Waals surface area contributed by atoms with Gasteiger partial charge < -0.3 is 25.4 Å². The van der Waals surface area contributed by atoms with Crippen LogP contribution in [0, 0.1) is 4.91 Å². The van der Waals surface area contributed by atoms with E-state index in [9.17, 15) is 28.3 Å². The van der Waals surface area contributed by atoms with Gasteiger partial charge in [-0.15, -0.1) is 4.91 Å². The van der Waals surface area contributed by atoms with Gasteiger partial charge >= 0.3 is 5.97 Å². The Hall–Kier alpha value is -4.20. The molecule has 5 N–H and O–H groups in total. The molecular weight excluding hydrogens is 645 g/mol. The fourth-order valence-corrected chi connectivity index (χ4v) is 5.47. The van der Waals surface area contributed by atoms with E-state index in [0.29, 0.717) is 33.0 Å². The van der Waals surface area contributed by atoms with Gasteiger partial charge in [0.25, 0.3) is 0 Å². The number of carbonyl (C=O) groups is 1. The van der Waals surface area contributed by atoms with Crippen LogP contribution in [-0.2, 0) is 34.4 Å². The number of nitrogens with two attached hydrogens (primary N) is 1. The predicted octanol–water partition coefficient (Wildman–Crippen LogP) is 5.74. The lowest BCUT2D eigenvalue weighted by atomic mass is 10.0. The zero-order valence-corrected chi connectivity index (χ0v) is 26.2. The van der Waals surface area contributed by atoms with Crippen molar-refractivity contribution in [1.29, 1.82) is 0 Å². The number of hydrogen-bond acceptors (Lipinski definition) is 10. The molecule has 0 saturated heterocycles. The van der Waals surface area contributed by atoms with Crippen molar-refractivity contribution in [3.63, 3.8) is 0 Å². The van der Waals surface area contributed by atoms with Crippen molar-refractivity contribution in [1.82, 2.24) is 5.32 Å². The molecule has 0 bridgehead atoms. The van der Waals surface area contributed by atoms with Gasteiger partial charge in [-0.2, -0.15) is 0 Å². The molecule has 0 amide bonds. The zero-order valence-electron chi connectivity index (χ0n) is 23.9. The minimum atomic E-state index is -3.35. The molecule has 0 saturated carbocycles. The topological polar surface area (TPSA) is 178 Å². The van der Waals surface area contributed by atoms with E-state index < -0.39 is 28.5 Å². The summed E-state index contributed by atoms with van der Waals surface area (Å²) in [6, 6.07) is 18.3. The van der Waals surface area contributed by atoms with Gasteiger partial charge in [-0.25, -0.2) is 8.42 Å². The minimum Gasteiger partial charge on any atom is -0.488 e. The van der Waals surface area contributed by atoms with Crippen LogP contribution in [-0.4, -0.2) is 43.5 Å². The Morgan fingerprint density at radius 3 is 2.31 bits per heavy atom. The highest BCUT2D eigenvalue weighted by Gasteiger charge is 2.19. The van der Waals surface area contributed by atoms with Crippen LogP contribution in [0.2, 0.25) is 10.0 Å². The van der Waals surface area contributed by atoms with Crippen LogP contribution < -0.4 is 20.5 Å². The van der Waals surface area contributed by atoms with E-state index in [0.717, 1.165) is 11.8 Å². The molecule has 14 heteroatoms. The van der Waals surface area contributed by atoms with Crippen LogP contribution in [0.1, 0.15) is 16.7 Å². The Morgan fingerprint density at radius 2 is 1.69 bits per heavy atom. The van der Waals surface area contributed by atoms with Gasteiger partial charge in [0.15, 0.2) is 9.84 Å². The van der Waals surface area contributed by atoms with Crippen molar-refractivity contribution < 1.29 is 32.9 Å². The number of nitrogens with zero attached hydrogens (tertiary/aromatic N) is 1. The first-order valence-electron chi connectivity index (χ1n) is 13.4. The Bertz CT molecular complexity index is 1820. The molecule has 0 fully saturated rings. The van der Waals surface area contributed by atoms with Gasteiger partial charge in [0, 0.05) is 35.6 Å². The van der Waals surface area contributed by atoms with Crippen molar-refractivity contribution in [2.45, 2.75) is 30.7 Å². The quantitative estimate of drug-likeness (QED) is 0.0953. The van der Waals surface area contributed by atoms with Crippen LogP contribution in [0.4, 0.5) is 11.4 Å². The number of sulfone groups is 1. The van der Waals surface area contributed by atoms with Crippen LogP contribution >= 0.6 is 23.2 Å². The van der Waals surface area contributed by atoms with Crippen molar-refractivity contribution in [2.75, 3.05) is 18.6 Å². The van der Waals surface area contributed by atoms with Gasteiger partial charge in [-0.1, -0.05) is 59.6 Å². The maximum atomic E-state index is 11.8. The minimum absolute atomic E-state index is 0.00497. The molecular formula is C31H29Cl2N3O8S. The Kier molecular flexibility index (Phi) is 11.0. The lowest BCUT2D eigenvalue weighted by molar-refractivity contribution is -0.140. The highest BCUT2D eigenvalue weighted by Crippen LogP contribution is 2.36. The molecule has 236 valence electrons. The van der Waals surface area contributed by atoms with Gasteiger partial charge in [0.1, 0.15) is 36.4 Å². The summed E-state index contributed by atoms with van der Waals surface area (Å²) in [6.07, 6.45) is 1.14. The lowest BCUT2D eigenvalue weighted by Gasteiger charge is -2.18. The van der Waals surface area contributed by atoms with Crippen LogP contribution in [0.15, 0.2) is 82.9 Å². The van der Waals surface area contributed by atoms with Crippen molar-refractivity contribution in [2.24, 2.45) is 5.18 Å². The number of carboxylic acid groups (broad SMARTS) is 1. The zero-order chi connectivity index (χ0) is 32.7. The summed E-state index contributed by atoms with van der Waals surface area (Å²) in [5.41, 5.74) is 9.32. The third kappa shape index (κ3) is 8.50. The molecule has 0 aliphatic carbocycles. The number of halogens is 2. The largest absolute Gasteiger partial charge is 0.488 e. The van der Waals surface area contributed by atoms with Gasteiger partial charge in [-0.3, -0.25) is 10.1 Å². The smallest absolute Gasteiger partial charge is 0.323 e. The monoisotopic (exact) mass is 673 g/mol. The number of anilines is 1. The molecule has 0 aliphatic rings. The predicted molar refractivity (Wildman–Crippen MR) is 172 cm³/mol. The van der Waals surface area contributed by atoms with E-state index in [-0.39, 0.29) is 46.8 Å². The molecule has 1 unspecified atom stereocenters. The summed E-state index contributed by atoms with van der Waals surface area (Å²) in [5.74, 6) is -0.659. The van der Waals surface area contributed by atoms with Gasteiger partial charge in [-0.05, 0) is 46.6 Å². The maximum Gasteiger partial charge on any atom is 0.323 e. The second-order valence-electron chi connectivity index (χ2n) is 9.98. The first kappa shape index (κ1) is 33.7. The fourth-order valence-electron chi connectivity index (χ4n) is 4.31. The molecule has 0 spiro atoms. The molecule has 0 heterocycles. The highest BCUT2D eigenvalue weighted by atomic mass is 35.5. The average Bonchev–Trinajstić information content (AvgIpc) is 3.00. The highest BCUT2D eigenvalue weighted by molar-refractivity contribution is 7.90. The Balaban J connectivity index is 1.58. The summed E-state index contributed by atoms with van der Waals surface area (Å²) in [6.45, 7) is -0.577. The number of nitroso groups, excluding NO2 is 1. The maximum absolute atomic E-state index is 11.8. The second-order valence-corrected chi connectivity index (χ2v) is 12.8. The van der Waals surface area contributed by atoms with Crippen LogP contribution in [0.5, 0.6) is 11.5 Å². The third-order valence-electron chi connectivity index (χ3n) is 6.77. The van der Waals surface area contributed by atoms with Crippen LogP contribution in [0.25, 0.3) is 11.1 Å². The van der Waals surface area contributed by atoms with E-state index in [1.807, 2.05) is 6.07 Å². The van der Waals surface area contributed by atoms with E-state index in [2.05, 4.69) is 10.5 Å². The standard InChI is InChI=1S/C31H29Cl2N3O8S/c1-45(41,42)22-8-6-19(7-9-22)23-4-2-3-20(30(23)33)17-44-29-13-28(43-16-18-5-10-26(36-40)25(34)11-18)21(12-24(29)32)14-35-27(15-37)31(38)39/h2-13,27,35,37H,14-17,34H2,1H3,(H,38,39). The molecule has 4 aromatic carbocycles. The normalized spacial score (nSPS) is 12.0. The summed E-state index contributed by atoms with van der Waals surface area (Å²) >= 11 is 13.3. The van der Waals surface area contributed by atoms with Gasteiger partial charge in [0.2, 0.25) is 0 Å². The molecule has 4 aromatic rings. The molecule has 45 heavy (non-hydrogen) atoms. The molecule has 0 radical (unpaired) electrons. The van der Waals surface area contributed by atoms with E-state index in [1.165, 1.54) is 18.2 Å². The van der Waals surface area contributed by atoms with Crippen molar-refractivity contribution >= 4 is 50.4 Å². The molecule has 11 nitrogen and oxygen atoms in total. The number of aliphatic hydroxyl groups is 1. The summed E-state index contributed by atoms with van der Waals surface area (Å²) in [4.78, 5) is 22.5. The Labute approximate surface area is 269 Å². The van der Waals surface area contributed by atoms with Crippen LogP contribution in [0.3, 0.4) is 0 Å². The van der Waals surface area contributed by atoms with E-state index in [4.69, 9.17) is 38.4 Å². The molecule has 0 aromatic heterocycles. The Morgan fingerprint density at radius 1 is 0.978 bits per heavy atom. The first-order chi connectivity index (χ1) is 21.4. The van der Waals surface area contributed by atoms with E-state index in [1.54, 1.807) is 48.5 Å². The number of ether oxygens (including phenoxy) is 2. The number of carboxylic acids is 1. The number of nitrogens with one attached hydrogen (secondary N) is 1. The molecule has 4 rings (SSSR count). The summed E-state index contributed by atoms with van der Waals surface area (Å²) < 4.78 is 35.7. The molecule has 1 atom stereocenters. The lowest BCUT2D eigenvalue weighted by Crippen LogP contribution is -2.39. The van der Waals surface area contributed by atoms with Gasteiger partial charge in [0.05, 0.1) is 27.2 Å².